The maximum absolute atomic E-state index is 14.6. The molecule has 2 N–H and O–H groups in total. The lowest BCUT2D eigenvalue weighted by Gasteiger charge is -2.11. The quantitative estimate of drug-likeness (QED) is 0.508. The highest BCUT2D eigenvalue weighted by atomic mass is 32.2. The molecule has 1 amide bonds. The van der Waals surface area contributed by atoms with E-state index >= 15 is 0 Å². The predicted molar refractivity (Wildman–Crippen MR) is 104 cm³/mol. The maximum Gasteiger partial charge on any atom is 0.231 e. The van der Waals surface area contributed by atoms with Gasteiger partial charge in [-0.2, -0.15) is 10.2 Å². The van der Waals surface area contributed by atoms with Crippen LogP contribution >= 0.6 is 11.8 Å². The molecule has 1 fully saturated rings. The molecule has 0 unspecified atom stereocenters. The third-order valence-corrected chi connectivity index (χ3v) is 5.72. The van der Waals surface area contributed by atoms with E-state index in [4.69, 9.17) is 0 Å². The molecular weight excluding hydrogens is 384 g/mol. The summed E-state index contributed by atoms with van der Waals surface area (Å²) in [6.45, 7) is 0. The Balaban J connectivity index is 1.58. The van der Waals surface area contributed by atoms with Crippen LogP contribution in [0.1, 0.15) is 6.42 Å². The smallest absolute Gasteiger partial charge is 0.231 e. The Hall–Kier alpha value is -2.94. The molecule has 3 aromatic heterocycles. The Morgan fingerprint density at radius 2 is 2.21 bits per heavy atom. The van der Waals surface area contributed by atoms with Gasteiger partial charge in [-0.3, -0.25) is 9.89 Å². The van der Waals surface area contributed by atoms with Crippen LogP contribution < -0.4 is 5.32 Å². The molecule has 4 aromatic rings. The van der Waals surface area contributed by atoms with E-state index in [0.717, 1.165) is 22.0 Å². The average Bonchev–Trinajstić information content (AvgIpc) is 3.05. The van der Waals surface area contributed by atoms with E-state index < -0.39 is 12.1 Å². The molecule has 1 aliphatic rings. The van der Waals surface area contributed by atoms with Crippen molar-refractivity contribution in [3.8, 4) is 11.1 Å². The van der Waals surface area contributed by atoms with E-state index in [2.05, 4.69) is 20.6 Å². The third kappa shape index (κ3) is 2.73. The summed E-state index contributed by atoms with van der Waals surface area (Å²) in [6.07, 6.45) is 4.46. The standard InChI is InChI=1S/C19H15F2N5OS/c1-28-18-14(21)7-15-12(8-22-24-15)17(18)9-2-3-26-10(4-9)5-16(25-26)23-19(27)11-6-13(11)20/h2-5,7-8,11,13H,6H2,1H3,(H,22,24)(H,23,25,27)/t11-,13+/m0/s1. The minimum atomic E-state index is -1.06. The summed E-state index contributed by atoms with van der Waals surface area (Å²) in [5, 5.41) is 14.6. The highest BCUT2D eigenvalue weighted by Crippen LogP contribution is 2.39. The number of anilines is 1. The molecule has 0 aliphatic heterocycles. The number of pyridine rings is 1. The highest BCUT2D eigenvalue weighted by molar-refractivity contribution is 7.98. The molecule has 0 bridgehead atoms. The maximum atomic E-state index is 14.6. The van der Waals surface area contributed by atoms with Crippen molar-refractivity contribution in [3.63, 3.8) is 0 Å². The molecule has 2 atom stereocenters. The van der Waals surface area contributed by atoms with Gasteiger partial charge in [0.2, 0.25) is 5.91 Å². The van der Waals surface area contributed by atoms with Gasteiger partial charge < -0.3 is 5.32 Å². The highest BCUT2D eigenvalue weighted by Gasteiger charge is 2.43. The fraction of sp³-hybridized carbons (Fsp3) is 0.211. The van der Waals surface area contributed by atoms with Gasteiger partial charge in [-0.15, -0.1) is 11.8 Å². The van der Waals surface area contributed by atoms with Gasteiger partial charge in [-0.25, -0.2) is 13.3 Å². The van der Waals surface area contributed by atoms with Gasteiger partial charge in [0.15, 0.2) is 5.82 Å². The number of hydrogen-bond acceptors (Lipinski definition) is 4. The summed E-state index contributed by atoms with van der Waals surface area (Å²) >= 11 is 1.33. The van der Waals surface area contributed by atoms with E-state index in [9.17, 15) is 13.6 Å². The van der Waals surface area contributed by atoms with Gasteiger partial charge in [-0.1, -0.05) is 0 Å². The number of aromatic nitrogens is 4. The van der Waals surface area contributed by atoms with Crippen LogP contribution in [0.2, 0.25) is 0 Å². The Kier molecular flexibility index (Phi) is 3.87. The molecule has 28 heavy (non-hydrogen) atoms. The number of nitrogens with one attached hydrogen (secondary N) is 2. The second-order valence-corrected chi connectivity index (χ2v) is 7.58. The number of halogens is 2. The van der Waals surface area contributed by atoms with Gasteiger partial charge in [0, 0.05) is 29.3 Å². The fourth-order valence-corrected chi connectivity index (χ4v) is 4.08. The van der Waals surface area contributed by atoms with E-state index in [1.165, 1.54) is 17.8 Å². The molecule has 9 heteroatoms. The van der Waals surface area contributed by atoms with Crippen LogP contribution in [0, 0.1) is 11.7 Å². The summed E-state index contributed by atoms with van der Waals surface area (Å²) < 4.78 is 29.2. The molecule has 1 saturated carbocycles. The lowest BCUT2D eigenvalue weighted by atomic mass is 10.0. The topological polar surface area (TPSA) is 75.1 Å². The van der Waals surface area contributed by atoms with Crippen LogP contribution in [0.5, 0.6) is 0 Å². The third-order valence-electron chi connectivity index (χ3n) is 4.91. The van der Waals surface area contributed by atoms with Crippen LogP contribution in [0.4, 0.5) is 14.6 Å². The van der Waals surface area contributed by atoms with Crippen molar-refractivity contribution in [2.45, 2.75) is 17.5 Å². The Bertz CT molecular complexity index is 1230. The SMILES string of the molecule is CSc1c(F)cc2[nH]ncc2c1-c1ccn2nc(NC(=O)[C@H]3C[C@H]3F)cc2c1. The van der Waals surface area contributed by atoms with Crippen molar-refractivity contribution in [1.82, 2.24) is 19.8 Å². The van der Waals surface area contributed by atoms with Gasteiger partial charge >= 0.3 is 0 Å². The number of fused-ring (bicyclic) bond motifs is 2. The van der Waals surface area contributed by atoms with Crippen LogP contribution in [0.25, 0.3) is 27.5 Å². The minimum Gasteiger partial charge on any atom is -0.309 e. The number of thioether (sulfide) groups is 1. The first-order valence-corrected chi connectivity index (χ1v) is 9.92. The van der Waals surface area contributed by atoms with E-state index in [0.29, 0.717) is 16.2 Å². The van der Waals surface area contributed by atoms with Crippen molar-refractivity contribution in [2.24, 2.45) is 5.92 Å². The monoisotopic (exact) mass is 399 g/mol. The second-order valence-electron chi connectivity index (χ2n) is 6.76. The number of nitrogens with zero attached hydrogens (tertiary/aromatic N) is 3. The molecule has 6 nitrogen and oxygen atoms in total. The second kappa shape index (κ2) is 6.30. The van der Waals surface area contributed by atoms with Crippen molar-refractivity contribution < 1.29 is 13.6 Å². The molecule has 5 rings (SSSR count). The molecule has 1 aromatic carbocycles. The summed E-state index contributed by atoms with van der Waals surface area (Å²) in [5.74, 6) is -0.887. The first-order chi connectivity index (χ1) is 13.5. The molecule has 142 valence electrons. The van der Waals surface area contributed by atoms with Crippen LogP contribution in [0.3, 0.4) is 0 Å². The zero-order valence-corrected chi connectivity index (χ0v) is 15.6. The normalized spacial score (nSPS) is 18.7. The lowest BCUT2D eigenvalue weighted by Crippen LogP contribution is -2.15. The molecule has 0 spiro atoms. The number of hydrogen-bond donors (Lipinski definition) is 2. The lowest BCUT2D eigenvalue weighted by molar-refractivity contribution is -0.117. The number of H-pyrrole nitrogens is 1. The van der Waals surface area contributed by atoms with Gasteiger partial charge in [0.25, 0.3) is 0 Å². The number of carbonyl (C=O) groups excluding carboxylic acids is 1. The largest absolute Gasteiger partial charge is 0.309 e. The summed E-state index contributed by atoms with van der Waals surface area (Å²) in [4.78, 5) is 12.5. The van der Waals surface area contributed by atoms with Crippen LogP contribution in [-0.4, -0.2) is 38.1 Å². The Morgan fingerprint density at radius 3 is 2.96 bits per heavy atom. The fourth-order valence-electron chi connectivity index (χ4n) is 3.39. The molecule has 0 saturated heterocycles. The summed E-state index contributed by atoms with van der Waals surface area (Å²) in [6, 6.07) is 6.87. The van der Waals surface area contributed by atoms with Crippen molar-refractivity contribution in [1.29, 1.82) is 0 Å². The number of alkyl halides is 1. The molecule has 3 heterocycles. The van der Waals surface area contributed by atoms with E-state index in [1.54, 1.807) is 23.0 Å². The first kappa shape index (κ1) is 17.2. The van der Waals surface area contributed by atoms with Crippen LogP contribution in [0.15, 0.2) is 41.6 Å². The molecule has 1 aliphatic carbocycles. The van der Waals surface area contributed by atoms with Crippen molar-refractivity contribution in [2.75, 3.05) is 11.6 Å². The van der Waals surface area contributed by atoms with Gasteiger partial charge in [0.05, 0.1) is 28.0 Å². The summed E-state index contributed by atoms with van der Waals surface area (Å²) in [7, 11) is 0. The van der Waals surface area contributed by atoms with Crippen LogP contribution in [-0.2, 0) is 4.79 Å². The summed E-state index contributed by atoms with van der Waals surface area (Å²) in [5.41, 5.74) is 2.92. The minimum absolute atomic E-state index is 0.265. The average molecular weight is 399 g/mol. The van der Waals surface area contributed by atoms with E-state index in [1.807, 2.05) is 18.4 Å². The Labute approximate surface area is 162 Å². The van der Waals surface area contributed by atoms with Crippen molar-refractivity contribution >= 4 is 39.9 Å². The number of carbonyl (C=O) groups is 1. The van der Waals surface area contributed by atoms with Gasteiger partial charge in [0.1, 0.15) is 12.0 Å². The Morgan fingerprint density at radius 1 is 1.39 bits per heavy atom. The van der Waals surface area contributed by atoms with E-state index in [-0.39, 0.29) is 18.1 Å². The number of rotatable bonds is 4. The molecule has 0 radical (unpaired) electrons. The number of aromatic amines is 1. The molecular formula is C19H15F2N5OS. The zero-order chi connectivity index (χ0) is 19.4. The number of amides is 1. The van der Waals surface area contributed by atoms with Gasteiger partial charge in [-0.05, 0) is 30.4 Å². The zero-order valence-electron chi connectivity index (χ0n) is 14.7. The van der Waals surface area contributed by atoms with Crippen molar-refractivity contribution in [3.05, 3.63) is 42.5 Å². The first-order valence-electron chi connectivity index (χ1n) is 8.69. The predicted octanol–water partition coefficient (Wildman–Crippen LogP) is 4.04. The number of benzene rings is 1.